The highest BCUT2D eigenvalue weighted by Crippen LogP contribution is 2.20. The molecule has 0 aliphatic heterocycles. The van der Waals surface area contributed by atoms with E-state index >= 15 is 0 Å². The van der Waals surface area contributed by atoms with Gasteiger partial charge in [-0.25, -0.2) is 0 Å². The minimum absolute atomic E-state index is 0.283. The van der Waals surface area contributed by atoms with Crippen LogP contribution < -0.4 is 10.1 Å². The summed E-state index contributed by atoms with van der Waals surface area (Å²) >= 11 is 0. The standard InChI is InChI=1S/C19H21NO/c1-4-12-21-19-11-6-5-9-18(19)14-20-16(3)17-10-7-8-15(2)13-17/h1,5-11,13,16,20H,12,14H2,2-3H3/t16-/m0/s1. The zero-order chi connectivity index (χ0) is 15.1. The van der Waals surface area contributed by atoms with E-state index in [4.69, 9.17) is 11.2 Å². The average molecular weight is 279 g/mol. The first-order chi connectivity index (χ1) is 10.2. The van der Waals surface area contributed by atoms with Gasteiger partial charge in [0.25, 0.3) is 0 Å². The molecule has 2 aromatic rings. The van der Waals surface area contributed by atoms with E-state index in [1.165, 1.54) is 11.1 Å². The van der Waals surface area contributed by atoms with Crippen LogP contribution in [-0.2, 0) is 6.54 Å². The molecule has 21 heavy (non-hydrogen) atoms. The van der Waals surface area contributed by atoms with Gasteiger partial charge in [-0.05, 0) is 25.5 Å². The molecule has 108 valence electrons. The van der Waals surface area contributed by atoms with Crippen LogP contribution in [0.1, 0.15) is 29.7 Å². The van der Waals surface area contributed by atoms with Crippen molar-refractivity contribution in [3.63, 3.8) is 0 Å². The Morgan fingerprint density at radius 3 is 2.76 bits per heavy atom. The number of hydrogen-bond donors (Lipinski definition) is 1. The quantitative estimate of drug-likeness (QED) is 0.811. The van der Waals surface area contributed by atoms with Crippen molar-refractivity contribution < 1.29 is 4.74 Å². The second-order valence-corrected chi connectivity index (χ2v) is 5.12. The molecule has 2 rings (SSSR count). The zero-order valence-corrected chi connectivity index (χ0v) is 12.6. The molecule has 0 saturated heterocycles. The molecule has 0 spiro atoms. The molecule has 0 unspecified atom stereocenters. The van der Waals surface area contributed by atoms with Gasteiger partial charge in [-0.3, -0.25) is 0 Å². The van der Waals surface area contributed by atoms with E-state index in [2.05, 4.69) is 55.4 Å². The van der Waals surface area contributed by atoms with E-state index in [9.17, 15) is 0 Å². The summed E-state index contributed by atoms with van der Waals surface area (Å²) in [5.74, 6) is 3.34. The first-order valence-corrected chi connectivity index (χ1v) is 7.15. The molecule has 0 fully saturated rings. The summed E-state index contributed by atoms with van der Waals surface area (Å²) in [6.07, 6.45) is 5.25. The van der Waals surface area contributed by atoms with E-state index in [-0.39, 0.29) is 6.04 Å². The molecule has 0 heterocycles. The van der Waals surface area contributed by atoms with Crippen LogP contribution in [0.5, 0.6) is 5.75 Å². The minimum Gasteiger partial charge on any atom is -0.481 e. The maximum Gasteiger partial charge on any atom is 0.148 e. The van der Waals surface area contributed by atoms with Gasteiger partial charge < -0.3 is 10.1 Å². The highest BCUT2D eigenvalue weighted by Gasteiger charge is 2.07. The van der Waals surface area contributed by atoms with E-state index in [0.29, 0.717) is 6.61 Å². The van der Waals surface area contributed by atoms with Crippen LogP contribution in [0.25, 0.3) is 0 Å². The summed E-state index contributed by atoms with van der Waals surface area (Å²) in [6, 6.07) is 16.8. The molecular formula is C19H21NO. The third-order valence-corrected chi connectivity index (χ3v) is 3.42. The van der Waals surface area contributed by atoms with Crippen LogP contribution in [0.2, 0.25) is 0 Å². The number of benzene rings is 2. The van der Waals surface area contributed by atoms with Crippen LogP contribution in [0.4, 0.5) is 0 Å². The Labute approximate surface area is 127 Å². The summed E-state index contributed by atoms with van der Waals surface area (Å²) in [5, 5.41) is 3.53. The second-order valence-electron chi connectivity index (χ2n) is 5.12. The molecule has 0 aliphatic carbocycles. The lowest BCUT2D eigenvalue weighted by molar-refractivity contribution is 0.364. The number of aryl methyl sites for hydroxylation is 1. The fourth-order valence-electron chi connectivity index (χ4n) is 2.23. The lowest BCUT2D eigenvalue weighted by Crippen LogP contribution is -2.18. The number of ether oxygens (including phenoxy) is 1. The van der Waals surface area contributed by atoms with Gasteiger partial charge in [0.05, 0.1) is 0 Å². The molecule has 1 N–H and O–H groups in total. The lowest BCUT2D eigenvalue weighted by Gasteiger charge is -2.16. The molecule has 0 bridgehead atoms. The Bertz CT molecular complexity index is 627. The van der Waals surface area contributed by atoms with Gasteiger partial charge in [0.1, 0.15) is 12.4 Å². The molecule has 0 aromatic heterocycles. The van der Waals surface area contributed by atoms with Crippen molar-refractivity contribution in [3.05, 3.63) is 65.2 Å². The molecule has 1 atom stereocenters. The molecule has 2 heteroatoms. The Morgan fingerprint density at radius 2 is 2.00 bits per heavy atom. The topological polar surface area (TPSA) is 21.3 Å². The van der Waals surface area contributed by atoms with Gasteiger partial charge in [-0.15, -0.1) is 6.42 Å². The van der Waals surface area contributed by atoms with Crippen LogP contribution in [0.15, 0.2) is 48.5 Å². The van der Waals surface area contributed by atoms with E-state index < -0.39 is 0 Å². The highest BCUT2D eigenvalue weighted by atomic mass is 16.5. The number of para-hydroxylation sites is 1. The fraction of sp³-hybridized carbons (Fsp3) is 0.263. The van der Waals surface area contributed by atoms with Crippen molar-refractivity contribution in [1.29, 1.82) is 0 Å². The summed E-state index contributed by atoms with van der Waals surface area (Å²) in [5.41, 5.74) is 3.68. The van der Waals surface area contributed by atoms with Crippen molar-refractivity contribution in [2.45, 2.75) is 26.4 Å². The lowest BCUT2D eigenvalue weighted by atomic mass is 10.1. The van der Waals surface area contributed by atoms with Crippen LogP contribution in [0.3, 0.4) is 0 Å². The summed E-state index contributed by atoms with van der Waals surface area (Å²) < 4.78 is 5.57. The average Bonchev–Trinajstić information content (AvgIpc) is 2.51. The zero-order valence-electron chi connectivity index (χ0n) is 12.6. The molecule has 0 radical (unpaired) electrons. The van der Waals surface area contributed by atoms with Gasteiger partial charge in [-0.1, -0.05) is 53.9 Å². The largest absolute Gasteiger partial charge is 0.481 e. The van der Waals surface area contributed by atoms with Crippen LogP contribution >= 0.6 is 0 Å². The van der Waals surface area contributed by atoms with Crippen molar-refractivity contribution in [2.24, 2.45) is 0 Å². The normalized spacial score (nSPS) is 11.7. The fourth-order valence-corrected chi connectivity index (χ4v) is 2.23. The molecule has 2 aromatic carbocycles. The van der Waals surface area contributed by atoms with Crippen molar-refractivity contribution in [3.8, 4) is 18.1 Å². The number of rotatable bonds is 6. The SMILES string of the molecule is C#CCOc1ccccc1CN[C@@H](C)c1cccc(C)c1. The first kappa shape index (κ1) is 15.2. The highest BCUT2D eigenvalue weighted by molar-refractivity contribution is 5.34. The monoisotopic (exact) mass is 279 g/mol. The Balaban J connectivity index is 2.01. The summed E-state index contributed by atoms with van der Waals surface area (Å²) in [4.78, 5) is 0. The molecule has 0 aliphatic rings. The van der Waals surface area contributed by atoms with Gasteiger partial charge in [0.15, 0.2) is 0 Å². The van der Waals surface area contributed by atoms with Gasteiger partial charge >= 0.3 is 0 Å². The third-order valence-electron chi connectivity index (χ3n) is 3.42. The Kier molecular flexibility index (Phi) is 5.43. The molecule has 2 nitrogen and oxygen atoms in total. The van der Waals surface area contributed by atoms with Crippen LogP contribution in [0, 0.1) is 19.3 Å². The van der Waals surface area contributed by atoms with E-state index in [1.54, 1.807) is 0 Å². The smallest absolute Gasteiger partial charge is 0.148 e. The summed E-state index contributed by atoms with van der Waals surface area (Å²) in [6.45, 7) is 5.32. The maximum absolute atomic E-state index is 5.57. The third kappa shape index (κ3) is 4.37. The van der Waals surface area contributed by atoms with Gasteiger partial charge in [0.2, 0.25) is 0 Å². The van der Waals surface area contributed by atoms with Crippen LogP contribution in [-0.4, -0.2) is 6.61 Å². The van der Waals surface area contributed by atoms with Crippen molar-refractivity contribution >= 4 is 0 Å². The van der Waals surface area contributed by atoms with Gasteiger partial charge in [0, 0.05) is 18.2 Å². The predicted octanol–water partition coefficient (Wildman–Crippen LogP) is 3.86. The Morgan fingerprint density at radius 1 is 1.19 bits per heavy atom. The van der Waals surface area contributed by atoms with E-state index in [0.717, 1.165) is 17.9 Å². The molecule has 0 amide bonds. The Hall–Kier alpha value is -2.24. The van der Waals surface area contributed by atoms with E-state index in [1.807, 2.05) is 18.2 Å². The second kappa shape index (κ2) is 7.52. The number of terminal acetylenes is 1. The first-order valence-electron chi connectivity index (χ1n) is 7.15. The number of hydrogen-bond acceptors (Lipinski definition) is 2. The van der Waals surface area contributed by atoms with Crippen molar-refractivity contribution in [2.75, 3.05) is 6.61 Å². The predicted molar refractivity (Wildman–Crippen MR) is 87.2 cm³/mol. The van der Waals surface area contributed by atoms with Gasteiger partial charge in [-0.2, -0.15) is 0 Å². The molecule has 0 saturated carbocycles. The summed E-state index contributed by atoms with van der Waals surface area (Å²) in [7, 11) is 0. The number of nitrogens with one attached hydrogen (secondary N) is 1. The minimum atomic E-state index is 0.283. The maximum atomic E-state index is 5.57. The van der Waals surface area contributed by atoms with Crippen molar-refractivity contribution in [1.82, 2.24) is 5.32 Å². The molecular weight excluding hydrogens is 258 g/mol.